The van der Waals surface area contributed by atoms with Gasteiger partial charge < -0.3 is 4.74 Å². The smallest absolute Gasteiger partial charge is 0.411 e. The van der Waals surface area contributed by atoms with Gasteiger partial charge in [-0.3, -0.25) is 9.88 Å². The number of carbonyl (C=O) groups excluding carboxylic acids is 1. The number of hydrogen-bond donors (Lipinski definition) is 0. The van der Waals surface area contributed by atoms with E-state index in [0.29, 0.717) is 5.92 Å². The Morgan fingerprint density at radius 1 is 1.32 bits per heavy atom. The van der Waals surface area contributed by atoms with Crippen LogP contribution in [-0.4, -0.2) is 33.7 Å². The van der Waals surface area contributed by atoms with Crippen molar-refractivity contribution in [3.8, 4) is 0 Å². The largest absolute Gasteiger partial charge is 0.444 e. The maximum Gasteiger partial charge on any atom is 0.411 e. The van der Waals surface area contributed by atoms with Crippen molar-refractivity contribution in [3.05, 3.63) is 41.2 Å². The lowest BCUT2D eigenvalue weighted by Gasteiger charge is -2.29. The number of ether oxygens (including phenoxy) is 1. The molecule has 2 bridgehead atoms. The van der Waals surface area contributed by atoms with Crippen molar-refractivity contribution in [1.82, 2.24) is 9.88 Å². The molecule has 0 spiro atoms. The Kier molecular flexibility index (Phi) is 3.50. The summed E-state index contributed by atoms with van der Waals surface area (Å²) in [4.78, 5) is 18.8. The third-order valence-electron chi connectivity index (χ3n) is 4.78. The molecule has 0 saturated carbocycles. The minimum atomic E-state index is -0.468. The molecule has 0 aliphatic carbocycles. The predicted molar refractivity (Wildman–Crippen MR) is 85.6 cm³/mol. The highest BCUT2D eigenvalue weighted by Gasteiger charge is 2.52. The van der Waals surface area contributed by atoms with Crippen LogP contribution in [0.15, 0.2) is 35.7 Å². The quantitative estimate of drug-likeness (QED) is 0.739. The zero-order valence-electron chi connectivity index (χ0n) is 14.0. The first kappa shape index (κ1) is 15.1. The Hall–Kier alpha value is -1.84. The summed E-state index contributed by atoms with van der Waals surface area (Å²) in [5.74, 6) is 0.315. The molecule has 1 aromatic rings. The molecule has 4 heteroatoms. The molecule has 118 valence electrons. The van der Waals surface area contributed by atoms with Gasteiger partial charge in [-0.15, -0.1) is 0 Å². The summed E-state index contributed by atoms with van der Waals surface area (Å²) >= 11 is 0. The van der Waals surface area contributed by atoms with Crippen molar-refractivity contribution in [1.29, 1.82) is 0 Å². The van der Waals surface area contributed by atoms with Crippen LogP contribution in [-0.2, 0) is 4.74 Å². The molecule has 3 atom stereocenters. The molecular formula is C18H24N2O2. The van der Waals surface area contributed by atoms with Gasteiger partial charge in [0.1, 0.15) is 5.60 Å². The Morgan fingerprint density at radius 2 is 2.05 bits per heavy atom. The van der Waals surface area contributed by atoms with Crippen LogP contribution in [0.4, 0.5) is 4.79 Å². The summed E-state index contributed by atoms with van der Waals surface area (Å²) in [6.07, 6.45) is 4.46. The topological polar surface area (TPSA) is 42.4 Å². The maximum absolute atomic E-state index is 12.7. The van der Waals surface area contributed by atoms with Gasteiger partial charge in [-0.05, 0) is 63.8 Å². The minimum absolute atomic E-state index is 0.101. The summed E-state index contributed by atoms with van der Waals surface area (Å²) in [6.45, 7) is 10.0. The molecule has 0 N–H and O–H groups in total. The first-order valence-electron chi connectivity index (χ1n) is 7.88. The molecule has 22 heavy (non-hydrogen) atoms. The first-order chi connectivity index (χ1) is 10.3. The van der Waals surface area contributed by atoms with Crippen molar-refractivity contribution in [2.75, 3.05) is 0 Å². The van der Waals surface area contributed by atoms with Crippen LogP contribution in [0.5, 0.6) is 0 Å². The summed E-state index contributed by atoms with van der Waals surface area (Å²) in [6, 6.07) is 4.33. The standard InChI is InChI=1S/C18H24N2O2/c1-11-12(2)16-14(13-7-6-8-19-10-13)9-15(11)20(16)17(21)22-18(3,4)5/h6-8,10,14-16H,9H2,1-5H3. The number of aromatic nitrogens is 1. The van der Waals surface area contributed by atoms with Crippen LogP contribution in [0.25, 0.3) is 0 Å². The minimum Gasteiger partial charge on any atom is -0.444 e. The lowest BCUT2D eigenvalue weighted by atomic mass is 9.81. The summed E-state index contributed by atoms with van der Waals surface area (Å²) in [7, 11) is 0. The van der Waals surface area contributed by atoms with Crippen LogP contribution in [0, 0.1) is 0 Å². The zero-order chi connectivity index (χ0) is 16.1. The van der Waals surface area contributed by atoms with E-state index in [4.69, 9.17) is 4.74 Å². The normalized spacial score (nSPS) is 27.5. The molecule has 3 heterocycles. The Bertz CT molecular complexity index is 616. The highest BCUT2D eigenvalue weighted by atomic mass is 16.6. The third kappa shape index (κ3) is 2.40. The van der Waals surface area contributed by atoms with E-state index in [0.717, 1.165) is 6.42 Å². The number of hydrogen-bond acceptors (Lipinski definition) is 3. The molecule has 1 amide bonds. The van der Waals surface area contributed by atoms with E-state index in [1.165, 1.54) is 16.7 Å². The lowest BCUT2D eigenvalue weighted by molar-refractivity contribution is 0.0220. The second-order valence-electron chi connectivity index (χ2n) is 7.34. The Labute approximate surface area is 132 Å². The van der Waals surface area contributed by atoms with E-state index < -0.39 is 5.60 Å². The number of amides is 1. The van der Waals surface area contributed by atoms with Gasteiger partial charge in [-0.1, -0.05) is 6.07 Å². The predicted octanol–water partition coefficient (Wildman–Crippen LogP) is 3.89. The fourth-order valence-corrected chi connectivity index (χ4v) is 3.73. The molecule has 1 aromatic heterocycles. The van der Waals surface area contributed by atoms with Gasteiger partial charge in [0.2, 0.25) is 0 Å². The van der Waals surface area contributed by atoms with Crippen molar-refractivity contribution < 1.29 is 9.53 Å². The summed E-state index contributed by atoms with van der Waals surface area (Å²) in [5.41, 5.74) is 3.35. The van der Waals surface area contributed by atoms with Crippen molar-refractivity contribution in [3.63, 3.8) is 0 Å². The molecule has 4 nitrogen and oxygen atoms in total. The van der Waals surface area contributed by atoms with Gasteiger partial charge in [0.25, 0.3) is 0 Å². The van der Waals surface area contributed by atoms with Gasteiger partial charge in [-0.2, -0.15) is 0 Å². The van der Waals surface area contributed by atoms with Crippen LogP contribution in [0.2, 0.25) is 0 Å². The van der Waals surface area contributed by atoms with Crippen LogP contribution in [0.1, 0.15) is 52.5 Å². The van der Waals surface area contributed by atoms with Crippen molar-refractivity contribution >= 4 is 6.09 Å². The molecule has 0 aromatic carbocycles. The molecule has 3 rings (SSSR count). The van der Waals surface area contributed by atoms with Gasteiger partial charge in [-0.25, -0.2) is 4.79 Å². The monoisotopic (exact) mass is 300 g/mol. The molecule has 0 radical (unpaired) electrons. The summed E-state index contributed by atoms with van der Waals surface area (Å²) in [5, 5.41) is 0. The second kappa shape index (κ2) is 5.11. The Balaban J connectivity index is 1.90. The van der Waals surface area contributed by atoms with E-state index in [1.807, 2.05) is 37.9 Å². The molecule has 2 aliphatic heterocycles. The SMILES string of the molecule is CC1=C(C)C2C(c3cccnc3)CC1N2C(=O)OC(C)(C)C. The fourth-order valence-electron chi connectivity index (χ4n) is 3.73. The first-order valence-corrected chi connectivity index (χ1v) is 7.88. The highest BCUT2D eigenvalue weighted by Crippen LogP contribution is 2.49. The lowest BCUT2D eigenvalue weighted by Crippen LogP contribution is -2.41. The average molecular weight is 300 g/mol. The molecular weight excluding hydrogens is 276 g/mol. The molecule has 3 unspecified atom stereocenters. The number of nitrogens with zero attached hydrogens (tertiary/aromatic N) is 2. The number of rotatable bonds is 1. The van der Waals surface area contributed by atoms with Crippen LogP contribution >= 0.6 is 0 Å². The maximum atomic E-state index is 12.7. The molecule has 1 fully saturated rings. The van der Waals surface area contributed by atoms with E-state index in [9.17, 15) is 4.79 Å². The van der Waals surface area contributed by atoms with Gasteiger partial charge in [0.15, 0.2) is 0 Å². The number of pyridine rings is 1. The molecule has 2 aliphatic rings. The Morgan fingerprint density at radius 3 is 2.64 bits per heavy atom. The molecule has 1 saturated heterocycles. The summed E-state index contributed by atoms with van der Waals surface area (Å²) < 4.78 is 5.63. The van der Waals surface area contributed by atoms with Gasteiger partial charge in [0.05, 0.1) is 12.1 Å². The second-order valence-corrected chi connectivity index (χ2v) is 7.34. The fraction of sp³-hybridized carbons (Fsp3) is 0.556. The zero-order valence-corrected chi connectivity index (χ0v) is 14.0. The number of carbonyl (C=O) groups is 1. The van der Waals surface area contributed by atoms with Crippen LogP contribution in [0.3, 0.4) is 0 Å². The third-order valence-corrected chi connectivity index (χ3v) is 4.78. The van der Waals surface area contributed by atoms with Gasteiger partial charge >= 0.3 is 6.09 Å². The van der Waals surface area contributed by atoms with E-state index >= 15 is 0 Å². The van der Waals surface area contributed by atoms with Gasteiger partial charge in [0, 0.05) is 18.3 Å². The van der Waals surface area contributed by atoms with E-state index in [-0.39, 0.29) is 18.2 Å². The van der Waals surface area contributed by atoms with Crippen molar-refractivity contribution in [2.45, 2.75) is 64.6 Å². The van der Waals surface area contributed by atoms with Crippen LogP contribution < -0.4 is 0 Å². The van der Waals surface area contributed by atoms with Crippen molar-refractivity contribution in [2.24, 2.45) is 0 Å². The number of fused-ring (bicyclic) bond motifs is 2. The average Bonchev–Trinajstić information content (AvgIpc) is 2.94. The van der Waals surface area contributed by atoms with E-state index in [1.54, 1.807) is 6.20 Å². The van der Waals surface area contributed by atoms with E-state index in [2.05, 4.69) is 24.9 Å². The highest BCUT2D eigenvalue weighted by molar-refractivity contribution is 5.73.